The molecule has 0 aliphatic rings. The van der Waals surface area contributed by atoms with Gasteiger partial charge in [-0.1, -0.05) is 0 Å². The average molecular weight is 226 g/mol. The first-order chi connectivity index (χ1) is 6.44. The van der Waals surface area contributed by atoms with Crippen molar-refractivity contribution in [1.29, 1.82) is 0 Å². The van der Waals surface area contributed by atoms with Crippen LogP contribution in [-0.2, 0) is 11.2 Å². The van der Waals surface area contributed by atoms with Crippen LogP contribution in [0, 0.1) is 0 Å². The molecule has 0 aliphatic carbocycles. The second kappa shape index (κ2) is 4.08. The molecule has 0 aromatic carbocycles. The van der Waals surface area contributed by atoms with Crippen molar-refractivity contribution < 1.29 is 22.4 Å². The Hall–Kier alpha value is -0.910. The van der Waals surface area contributed by atoms with Gasteiger partial charge >= 0.3 is 12.3 Å². The van der Waals surface area contributed by atoms with E-state index >= 15 is 0 Å². The Bertz CT molecular complexity index is 307. The lowest BCUT2D eigenvalue weighted by atomic mass is 10.1. The summed E-state index contributed by atoms with van der Waals surface area (Å²) in [7, 11) is 0. The fourth-order valence-corrected chi connectivity index (χ4v) is 1.49. The molecule has 0 spiro atoms. The zero-order valence-corrected chi connectivity index (χ0v) is 7.66. The van der Waals surface area contributed by atoms with Crippen molar-refractivity contribution in [3.05, 3.63) is 22.4 Å². The molecule has 14 heavy (non-hydrogen) atoms. The molecule has 1 aromatic heterocycles. The second-order valence-corrected chi connectivity index (χ2v) is 3.44. The SMILES string of the molecule is O=C(Cc1ccsc1)C(F)(F)C(F)F. The Balaban J connectivity index is 2.67. The van der Waals surface area contributed by atoms with Crippen molar-refractivity contribution in [2.75, 3.05) is 0 Å². The van der Waals surface area contributed by atoms with Gasteiger partial charge in [-0.05, 0) is 22.4 Å². The fraction of sp³-hybridized carbons (Fsp3) is 0.375. The molecule has 0 bridgehead atoms. The van der Waals surface area contributed by atoms with Crippen LogP contribution < -0.4 is 0 Å². The summed E-state index contributed by atoms with van der Waals surface area (Å²) in [6.07, 6.45) is -4.59. The zero-order chi connectivity index (χ0) is 10.8. The third-order valence-electron chi connectivity index (χ3n) is 1.59. The van der Waals surface area contributed by atoms with Crippen LogP contribution in [0.3, 0.4) is 0 Å². The first-order valence-corrected chi connectivity index (χ1v) is 4.59. The molecule has 0 amide bonds. The van der Waals surface area contributed by atoms with Crippen LogP contribution in [0.1, 0.15) is 5.56 Å². The lowest BCUT2D eigenvalue weighted by Gasteiger charge is -2.12. The Morgan fingerprint density at radius 1 is 1.50 bits per heavy atom. The molecule has 0 radical (unpaired) electrons. The van der Waals surface area contributed by atoms with Gasteiger partial charge < -0.3 is 0 Å². The maximum Gasteiger partial charge on any atom is 0.364 e. The van der Waals surface area contributed by atoms with Gasteiger partial charge in [-0.25, -0.2) is 8.78 Å². The van der Waals surface area contributed by atoms with Crippen LogP contribution in [0.25, 0.3) is 0 Å². The van der Waals surface area contributed by atoms with E-state index in [0.717, 1.165) is 0 Å². The molecule has 0 unspecified atom stereocenters. The summed E-state index contributed by atoms with van der Waals surface area (Å²) in [5, 5.41) is 3.06. The third kappa shape index (κ3) is 2.31. The number of carbonyl (C=O) groups is 1. The quantitative estimate of drug-likeness (QED) is 0.721. The number of hydrogen-bond acceptors (Lipinski definition) is 2. The van der Waals surface area contributed by atoms with Gasteiger partial charge in [-0.2, -0.15) is 20.1 Å². The Kier molecular flexibility index (Phi) is 3.25. The molecule has 0 N–H and O–H groups in total. The third-order valence-corrected chi connectivity index (χ3v) is 2.32. The van der Waals surface area contributed by atoms with Crippen LogP contribution in [-0.4, -0.2) is 18.1 Å². The molecule has 1 heterocycles. The van der Waals surface area contributed by atoms with Crippen molar-refractivity contribution in [1.82, 2.24) is 0 Å². The number of Topliss-reactive ketones (excluding diaryl/α,β-unsaturated/α-hetero) is 1. The van der Waals surface area contributed by atoms with E-state index in [2.05, 4.69) is 0 Å². The van der Waals surface area contributed by atoms with E-state index in [1.165, 1.54) is 22.8 Å². The number of halogens is 4. The first kappa shape index (κ1) is 11.2. The Morgan fingerprint density at radius 2 is 2.14 bits per heavy atom. The molecular formula is C8H6F4OS. The number of rotatable bonds is 4. The average Bonchev–Trinajstić information content (AvgIpc) is 2.56. The van der Waals surface area contributed by atoms with E-state index in [-0.39, 0.29) is 0 Å². The molecule has 0 saturated heterocycles. The van der Waals surface area contributed by atoms with Gasteiger partial charge in [0.05, 0.1) is 0 Å². The highest BCUT2D eigenvalue weighted by molar-refractivity contribution is 7.07. The second-order valence-electron chi connectivity index (χ2n) is 2.66. The summed E-state index contributed by atoms with van der Waals surface area (Å²) in [4.78, 5) is 10.7. The van der Waals surface area contributed by atoms with Crippen LogP contribution >= 0.6 is 11.3 Å². The maximum absolute atomic E-state index is 12.4. The number of hydrogen-bond donors (Lipinski definition) is 0. The van der Waals surface area contributed by atoms with Crippen LogP contribution in [0.15, 0.2) is 16.8 Å². The Labute approximate surface area is 81.4 Å². The van der Waals surface area contributed by atoms with E-state index in [9.17, 15) is 22.4 Å². The lowest BCUT2D eigenvalue weighted by molar-refractivity contribution is -0.166. The number of carbonyl (C=O) groups excluding carboxylic acids is 1. The van der Waals surface area contributed by atoms with E-state index in [1.54, 1.807) is 5.38 Å². The number of alkyl halides is 4. The van der Waals surface area contributed by atoms with Gasteiger partial charge in [-0.3, -0.25) is 4.79 Å². The lowest BCUT2D eigenvalue weighted by Crippen LogP contribution is -2.37. The van der Waals surface area contributed by atoms with Gasteiger partial charge in [0.15, 0.2) is 0 Å². The van der Waals surface area contributed by atoms with E-state index < -0.39 is 24.6 Å². The smallest absolute Gasteiger partial charge is 0.292 e. The van der Waals surface area contributed by atoms with E-state index in [1.807, 2.05) is 0 Å². The van der Waals surface area contributed by atoms with Gasteiger partial charge in [-0.15, -0.1) is 0 Å². The molecule has 6 heteroatoms. The summed E-state index contributed by atoms with van der Waals surface area (Å²) >= 11 is 1.22. The van der Waals surface area contributed by atoms with Crippen LogP contribution in [0.5, 0.6) is 0 Å². The standard InChI is InChI=1S/C8H6F4OS/c9-7(10)8(11,12)6(13)3-5-1-2-14-4-5/h1-2,4,7H,3H2. The van der Waals surface area contributed by atoms with E-state index in [0.29, 0.717) is 5.56 Å². The fourth-order valence-electron chi connectivity index (χ4n) is 0.818. The molecular weight excluding hydrogens is 220 g/mol. The molecule has 0 saturated carbocycles. The van der Waals surface area contributed by atoms with Crippen molar-refractivity contribution in [3.63, 3.8) is 0 Å². The molecule has 0 atom stereocenters. The van der Waals surface area contributed by atoms with Crippen LogP contribution in [0.2, 0.25) is 0 Å². The van der Waals surface area contributed by atoms with Crippen molar-refractivity contribution in [3.8, 4) is 0 Å². The highest BCUT2D eigenvalue weighted by Crippen LogP contribution is 2.25. The molecule has 0 aliphatic heterocycles. The highest BCUT2D eigenvalue weighted by atomic mass is 32.1. The summed E-state index contributed by atoms with van der Waals surface area (Å²) in [5.74, 6) is -6.28. The normalized spacial score (nSPS) is 12.1. The largest absolute Gasteiger partial charge is 0.364 e. The topological polar surface area (TPSA) is 17.1 Å². The summed E-state index contributed by atoms with van der Waals surface area (Å²) < 4.78 is 48.3. The number of ketones is 1. The Morgan fingerprint density at radius 3 is 2.57 bits per heavy atom. The van der Waals surface area contributed by atoms with Crippen molar-refractivity contribution >= 4 is 17.1 Å². The molecule has 1 aromatic rings. The first-order valence-electron chi connectivity index (χ1n) is 3.65. The van der Waals surface area contributed by atoms with Gasteiger partial charge in [0.1, 0.15) is 0 Å². The predicted molar refractivity (Wildman–Crippen MR) is 44.0 cm³/mol. The summed E-state index contributed by atoms with van der Waals surface area (Å²) in [6.45, 7) is 0. The predicted octanol–water partition coefficient (Wildman–Crippen LogP) is 2.76. The zero-order valence-electron chi connectivity index (χ0n) is 6.84. The van der Waals surface area contributed by atoms with Crippen molar-refractivity contribution in [2.24, 2.45) is 0 Å². The number of thiophene rings is 1. The van der Waals surface area contributed by atoms with Gasteiger partial charge in [0.25, 0.3) is 0 Å². The molecule has 0 fully saturated rings. The van der Waals surface area contributed by atoms with Crippen LogP contribution in [0.4, 0.5) is 17.6 Å². The summed E-state index contributed by atoms with van der Waals surface area (Å²) in [6, 6.07) is 1.45. The monoisotopic (exact) mass is 226 g/mol. The molecule has 1 nitrogen and oxygen atoms in total. The van der Waals surface area contributed by atoms with Gasteiger partial charge in [0, 0.05) is 6.42 Å². The minimum atomic E-state index is -4.54. The minimum Gasteiger partial charge on any atom is -0.292 e. The van der Waals surface area contributed by atoms with Gasteiger partial charge in [0.2, 0.25) is 5.78 Å². The highest BCUT2D eigenvalue weighted by Gasteiger charge is 2.47. The van der Waals surface area contributed by atoms with E-state index in [4.69, 9.17) is 0 Å². The molecule has 78 valence electrons. The summed E-state index contributed by atoms with van der Waals surface area (Å²) in [5.41, 5.74) is 0.334. The van der Waals surface area contributed by atoms with Crippen molar-refractivity contribution in [2.45, 2.75) is 18.8 Å². The minimum absolute atomic E-state index is 0.334. The molecule has 1 rings (SSSR count). The maximum atomic E-state index is 12.4.